The smallest absolute Gasteiger partial charge is 0.221 e. The second kappa shape index (κ2) is 5.98. The maximum Gasteiger partial charge on any atom is 0.221 e. The second-order valence-electron chi connectivity index (χ2n) is 5.46. The molecule has 0 spiro atoms. The maximum absolute atomic E-state index is 11.9. The Hall–Kier alpha value is -0.670. The van der Waals surface area contributed by atoms with Crippen molar-refractivity contribution in [3.8, 4) is 0 Å². The van der Waals surface area contributed by atoms with E-state index in [4.69, 9.17) is 0 Å². The number of carbonyl (C=O) groups is 1. The predicted octanol–water partition coefficient (Wildman–Crippen LogP) is -1.54. The number of amides is 1. The lowest BCUT2D eigenvalue weighted by atomic mass is 10.1. The summed E-state index contributed by atoms with van der Waals surface area (Å²) in [6, 6.07) is -0.465. The SMILES string of the molecule is O=C(CC1CS(=O)(=O)CCN1)NC1CCS(=O)(=O)CC1. The van der Waals surface area contributed by atoms with Gasteiger partial charge >= 0.3 is 0 Å². The molecule has 0 aromatic rings. The molecule has 0 aliphatic carbocycles. The zero-order chi connectivity index (χ0) is 14.8. The monoisotopic (exact) mass is 324 g/mol. The van der Waals surface area contributed by atoms with Crippen molar-refractivity contribution in [2.45, 2.75) is 31.3 Å². The van der Waals surface area contributed by atoms with Crippen LogP contribution in [0.1, 0.15) is 19.3 Å². The molecule has 2 N–H and O–H groups in total. The number of sulfone groups is 2. The van der Waals surface area contributed by atoms with Crippen molar-refractivity contribution < 1.29 is 21.6 Å². The molecule has 2 aliphatic heterocycles. The summed E-state index contributed by atoms with van der Waals surface area (Å²) in [5.41, 5.74) is 0. The number of nitrogens with one attached hydrogen (secondary N) is 2. The molecular formula is C11H20N2O5S2. The van der Waals surface area contributed by atoms with Gasteiger partial charge in [0.1, 0.15) is 9.84 Å². The molecule has 0 aromatic carbocycles. The van der Waals surface area contributed by atoms with E-state index >= 15 is 0 Å². The van der Waals surface area contributed by atoms with Gasteiger partial charge in [-0.1, -0.05) is 0 Å². The molecule has 0 aromatic heterocycles. The fourth-order valence-corrected chi connectivity index (χ4v) is 5.48. The number of carbonyl (C=O) groups excluding carboxylic acids is 1. The summed E-state index contributed by atoms with van der Waals surface area (Å²) in [4.78, 5) is 11.9. The van der Waals surface area contributed by atoms with Crippen molar-refractivity contribution in [2.75, 3.05) is 29.6 Å². The van der Waals surface area contributed by atoms with Crippen LogP contribution in [0.25, 0.3) is 0 Å². The second-order valence-corrected chi connectivity index (χ2v) is 10.00. The highest BCUT2D eigenvalue weighted by atomic mass is 32.2. The molecule has 2 heterocycles. The molecule has 20 heavy (non-hydrogen) atoms. The molecule has 2 rings (SSSR count). The minimum atomic E-state index is -3.05. The summed E-state index contributed by atoms with van der Waals surface area (Å²) < 4.78 is 45.5. The summed E-state index contributed by atoms with van der Waals surface area (Å²) >= 11 is 0. The van der Waals surface area contributed by atoms with E-state index in [0.717, 1.165) is 0 Å². The van der Waals surface area contributed by atoms with E-state index in [9.17, 15) is 21.6 Å². The lowest BCUT2D eigenvalue weighted by Gasteiger charge is -2.26. The molecule has 7 nitrogen and oxygen atoms in total. The van der Waals surface area contributed by atoms with Crippen LogP contribution in [0.4, 0.5) is 0 Å². The lowest BCUT2D eigenvalue weighted by molar-refractivity contribution is -0.122. The number of hydrogen-bond donors (Lipinski definition) is 2. The first-order valence-electron chi connectivity index (χ1n) is 6.69. The van der Waals surface area contributed by atoms with Gasteiger partial charge in [-0.3, -0.25) is 4.79 Å². The van der Waals surface area contributed by atoms with Gasteiger partial charge in [0.25, 0.3) is 0 Å². The Labute approximate surface area is 119 Å². The molecule has 9 heteroatoms. The first-order chi connectivity index (χ1) is 9.26. The highest BCUT2D eigenvalue weighted by Crippen LogP contribution is 2.13. The molecule has 2 aliphatic rings. The van der Waals surface area contributed by atoms with Gasteiger partial charge in [-0.15, -0.1) is 0 Å². The van der Waals surface area contributed by atoms with Gasteiger partial charge in [-0.05, 0) is 12.8 Å². The first kappa shape index (κ1) is 15.7. The Morgan fingerprint density at radius 3 is 2.30 bits per heavy atom. The van der Waals surface area contributed by atoms with E-state index < -0.39 is 19.7 Å². The molecule has 1 atom stereocenters. The van der Waals surface area contributed by atoms with Gasteiger partial charge in [0.05, 0.1) is 23.0 Å². The maximum atomic E-state index is 11.9. The lowest BCUT2D eigenvalue weighted by Crippen LogP contribution is -2.49. The number of rotatable bonds is 3. The standard InChI is InChI=1S/C11H20N2O5S2/c14-11(7-10-8-20(17,18)6-3-12-10)13-9-1-4-19(15,16)5-2-9/h9-10,12H,1-8H2,(H,13,14). The van der Waals surface area contributed by atoms with E-state index in [1.165, 1.54) is 0 Å². The average molecular weight is 324 g/mol. The third-order valence-corrected chi connectivity index (χ3v) is 7.10. The molecule has 1 unspecified atom stereocenters. The molecule has 116 valence electrons. The van der Waals surface area contributed by atoms with Crippen LogP contribution < -0.4 is 10.6 Å². The zero-order valence-corrected chi connectivity index (χ0v) is 12.8. The van der Waals surface area contributed by atoms with Gasteiger partial charge in [-0.25, -0.2) is 16.8 Å². The van der Waals surface area contributed by atoms with Crippen molar-refractivity contribution in [3.05, 3.63) is 0 Å². The van der Waals surface area contributed by atoms with E-state index in [1.807, 2.05) is 0 Å². The minimum Gasteiger partial charge on any atom is -0.353 e. The van der Waals surface area contributed by atoms with Crippen LogP contribution in [0.3, 0.4) is 0 Å². The molecule has 0 bridgehead atoms. The summed E-state index contributed by atoms with van der Waals surface area (Å²) in [6.07, 6.45) is 0.984. The Kier molecular flexibility index (Phi) is 4.70. The third-order valence-electron chi connectivity index (χ3n) is 3.65. The third kappa shape index (κ3) is 4.71. The van der Waals surface area contributed by atoms with Gasteiger partial charge in [0, 0.05) is 25.0 Å². The van der Waals surface area contributed by atoms with Gasteiger partial charge < -0.3 is 10.6 Å². The molecule has 1 amide bonds. The van der Waals surface area contributed by atoms with Crippen LogP contribution >= 0.6 is 0 Å². The van der Waals surface area contributed by atoms with Gasteiger partial charge in [-0.2, -0.15) is 0 Å². The normalized spacial score (nSPS) is 29.7. The Balaban J connectivity index is 1.78. The van der Waals surface area contributed by atoms with Crippen LogP contribution in [0.5, 0.6) is 0 Å². The average Bonchev–Trinajstić information content (AvgIpc) is 2.30. The number of hydrogen-bond acceptors (Lipinski definition) is 6. The molecule has 0 saturated carbocycles. The zero-order valence-electron chi connectivity index (χ0n) is 11.2. The Bertz CT molecular complexity index is 556. The fraction of sp³-hybridized carbons (Fsp3) is 0.909. The largest absolute Gasteiger partial charge is 0.353 e. The van der Waals surface area contributed by atoms with Gasteiger partial charge in [0.15, 0.2) is 9.84 Å². The van der Waals surface area contributed by atoms with E-state index in [2.05, 4.69) is 10.6 Å². The quantitative estimate of drug-likeness (QED) is 0.651. The summed E-state index contributed by atoms with van der Waals surface area (Å²) in [7, 11) is -5.98. The Morgan fingerprint density at radius 2 is 1.70 bits per heavy atom. The van der Waals surface area contributed by atoms with E-state index in [0.29, 0.717) is 19.4 Å². The first-order valence-corrected chi connectivity index (χ1v) is 10.3. The van der Waals surface area contributed by atoms with Crippen LogP contribution in [-0.4, -0.2) is 64.4 Å². The van der Waals surface area contributed by atoms with Crippen molar-refractivity contribution in [1.82, 2.24) is 10.6 Å². The Morgan fingerprint density at radius 1 is 1.05 bits per heavy atom. The van der Waals surface area contributed by atoms with Crippen LogP contribution in [-0.2, 0) is 24.5 Å². The van der Waals surface area contributed by atoms with Crippen molar-refractivity contribution in [2.24, 2.45) is 0 Å². The minimum absolute atomic E-state index is 0.0144. The highest BCUT2D eigenvalue weighted by molar-refractivity contribution is 7.91. The van der Waals surface area contributed by atoms with Crippen LogP contribution in [0.2, 0.25) is 0 Å². The highest BCUT2D eigenvalue weighted by Gasteiger charge is 2.28. The van der Waals surface area contributed by atoms with Crippen molar-refractivity contribution >= 4 is 25.6 Å². The van der Waals surface area contributed by atoms with Crippen LogP contribution in [0.15, 0.2) is 0 Å². The van der Waals surface area contributed by atoms with E-state index in [-0.39, 0.29) is 47.4 Å². The summed E-state index contributed by atoms with van der Waals surface area (Å²) in [5.74, 6) is 0.0940. The fourth-order valence-electron chi connectivity index (χ4n) is 2.54. The van der Waals surface area contributed by atoms with Crippen molar-refractivity contribution in [3.63, 3.8) is 0 Å². The molecule has 2 fully saturated rings. The molecule has 0 radical (unpaired) electrons. The molecule has 2 saturated heterocycles. The van der Waals surface area contributed by atoms with E-state index in [1.54, 1.807) is 0 Å². The summed E-state index contributed by atoms with van der Waals surface area (Å²) in [6.45, 7) is 0.377. The topological polar surface area (TPSA) is 109 Å². The summed E-state index contributed by atoms with van der Waals surface area (Å²) in [5, 5.41) is 5.81. The predicted molar refractivity (Wildman–Crippen MR) is 74.9 cm³/mol. The van der Waals surface area contributed by atoms with Gasteiger partial charge in [0.2, 0.25) is 5.91 Å². The van der Waals surface area contributed by atoms with Crippen molar-refractivity contribution in [1.29, 1.82) is 0 Å². The van der Waals surface area contributed by atoms with Crippen LogP contribution in [0, 0.1) is 0 Å². The molecular weight excluding hydrogens is 304 g/mol.